The van der Waals surface area contributed by atoms with Gasteiger partial charge in [-0.3, -0.25) is 0 Å². The molecule has 6 nitrogen and oxygen atoms in total. The lowest BCUT2D eigenvalue weighted by Gasteiger charge is -2.16. The van der Waals surface area contributed by atoms with Crippen molar-refractivity contribution in [3.05, 3.63) is 23.4 Å². The first-order valence-electron chi connectivity index (χ1n) is 5.94. The van der Waals surface area contributed by atoms with Crippen LogP contribution < -0.4 is 5.32 Å². The highest BCUT2D eigenvalue weighted by molar-refractivity contribution is 5.77. The average Bonchev–Trinajstić information content (AvgIpc) is 2.37. The lowest BCUT2D eigenvalue weighted by atomic mass is 10.1. The molecule has 0 radical (unpaired) electrons. The number of methoxy groups -OCH3 is 1. The third kappa shape index (κ3) is 4.23. The van der Waals surface area contributed by atoms with Crippen molar-refractivity contribution in [1.82, 2.24) is 4.98 Å². The number of nitriles is 1. The summed E-state index contributed by atoms with van der Waals surface area (Å²) in [6.45, 7) is 2.28. The van der Waals surface area contributed by atoms with Crippen LogP contribution in [-0.4, -0.2) is 35.8 Å². The largest absolute Gasteiger partial charge is 0.480 e. The number of hydrogen-bond donors (Lipinski definition) is 2. The van der Waals surface area contributed by atoms with Gasteiger partial charge >= 0.3 is 5.97 Å². The van der Waals surface area contributed by atoms with E-state index in [4.69, 9.17) is 15.1 Å². The fraction of sp³-hybridized carbons (Fsp3) is 0.462. The number of ether oxygens (including phenoxy) is 1. The minimum Gasteiger partial charge on any atom is -0.480 e. The van der Waals surface area contributed by atoms with Crippen molar-refractivity contribution >= 4 is 11.8 Å². The number of nitrogens with zero attached hydrogens (tertiary/aromatic N) is 2. The maximum Gasteiger partial charge on any atom is 0.326 e. The van der Waals surface area contributed by atoms with Crippen LogP contribution in [0.25, 0.3) is 0 Å². The maximum absolute atomic E-state index is 11.2. The van der Waals surface area contributed by atoms with Gasteiger partial charge in [-0.15, -0.1) is 0 Å². The zero-order valence-corrected chi connectivity index (χ0v) is 11.0. The second kappa shape index (κ2) is 7.34. The second-order valence-corrected chi connectivity index (χ2v) is 4.13. The van der Waals surface area contributed by atoms with Crippen LogP contribution in [0.3, 0.4) is 0 Å². The SMILES string of the molecule is COCCCC(Nc1nccc(C)c1C#N)C(=O)O. The van der Waals surface area contributed by atoms with E-state index in [0.29, 0.717) is 30.8 Å². The Morgan fingerprint density at radius 1 is 1.68 bits per heavy atom. The summed E-state index contributed by atoms with van der Waals surface area (Å²) < 4.78 is 4.90. The summed E-state index contributed by atoms with van der Waals surface area (Å²) >= 11 is 0. The van der Waals surface area contributed by atoms with E-state index in [2.05, 4.69) is 10.3 Å². The van der Waals surface area contributed by atoms with Crippen molar-refractivity contribution in [2.75, 3.05) is 19.0 Å². The van der Waals surface area contributed by atoms with Crippen LogP contribution in [0.2, 0.25) is 0 Å². The van der Waals surface area contributed by atoms with Gasteiger partial charge in [-0.25, -0.2) is 9.78 Å². The minimum absolute atomic E-state index is 0.312. The Morgan fingerprint density at radius 3 is 3.00 bits per heavy atom. The first-order chi connectivity index (χ1) is 9.10. The van der Waals surface area contributed by atoms with Crippen molar-refractivity contribution in [2.45, 2.75) is 25.8 Å². The van der Waals surface area contributed by atoms with E-state index in [1.165, 1.54) is 0 Å². The van der Waals surface area contributed by atoms with Gasteiger partial charge in [0.2, 0.25) is 0 Å². The molecule has 2 N–H and O–H groups in total. The maximum atomic E-state index is 11.2. The zero-order chi connectivity index (χ0) is 14.3. The van der Waals surface area contributed by atoms with Crippen molar-refractivity contribution in [3.63, 3.8) is 0 Å². The molecule has 0 saturated heterocycles. The summed E-state index contributed by atoms with van der Waals surface area (Å²) in [7, 11) is 1.57. The van der Waals surface area contributed by atoms with E-state index >= 15 is 0 Å². The molecule has 0 saturated carbocycles. The fourth-order valence-electron chi connectivity index (χ4n) is 1.66. The Bertz CT molecular complexity index is 483. The van der Waals surface area contributed by atoms with E-state index in [9.17, 15) is 4.79 Å². The first kappa shape index (κ1) is 14.9. The molecule has 0 aromatic carbocycles. The summed E-state index contributed by atoms with van der Waals surface area (Å²) in [6, 6.07) is 2.96. The third-order valence-electron chi connectivity index (χ3n) is 2.72. The van der Waals surface area contributed by atoms with Crippen molar-refractivity contribution in [2.24, 2.45) is 0 Å². The van der Waals surface area contributed by atoms with Gasteiger partial charge < -0.3 is 15.2 Å². The van der Waals surface area contributed by atoms with Gasteiger partial charge in [-0.05, 0) is 31.4 Å². The predicted octanol–water partition coefficient (Wildman–Crippen LogP) is 1.55. The smallest absolute Gasteiger partial charge is 0.326 e. The van der Waals surface area contributed by atoms with Gasteiger partial charge in [0.05, 0.1) is 5.56 Å². The topological polar surface area (TPSA) is 95.2 Å². The highest BCUT2D eigenvalue weighted by Gasteiger charge is 2.19. The van der Waals surface area contributed by atoms with Crippen LogP contribution in [0.4, 0.5) is 5.82 Å². The predicted molar refractivity (Wildman–Crippen MR) is 69.8 cm³/mol. The van der Waals surface area contributed by atoms with E-state index < -0.39 is 12.0 Å². The fourth-order valence-corrected chi connectivity index (χ4v) is 1.66. The van der Waals surface area contributed by atoms with Crippen LogP contribution in [0.5, 0.6) is 0 Å². The normalized spacial score (nSPS) is 11.6. The van der Waals surface area contributed by atoms with Gasteiger partial charge in [0, 0.05) is 19.9 Å². The molecule has 1 aromatic rings. The van der Waals surface area contributed by atoms with Gasteiger partial charge in [-0.1, -0.05) is 0 Å². The summed E-state index contributed by atoms with van der Waals surface area (Å²) in [6.07, 6.45) is 2.57. The lowest BCUT2D eigenvalue weighted by Crippen LogP contribution is -2.30. The Labute approximate surface area is 112 Å². The molecule has 19 heavy (non-hydrogen) atoms. The Kier molecular flexibility index (Phi) is 5.76. The van der Waals surface area contributed by atoms with Crippen LogP contribution >= 0.6 is 0 Å². The van der Waals surface area contributed by atoms with Crippen molar-refractivity contribution in [1.29, 1.82) is 5.26 Å². The van der Waals surface area contributed by atoms with Crippen LogP contribution in [-0.2, 0) is 9.53 Å². The molecule has 0 spiro atoms. The number of carbonyl (C=O) groups is 1. The Morgan fingerprint density at radius 2 is 2.42 bits per heavy atom. The molecule has 0 aliphatic rings. The summed E-state index contributed by atoms with van der Waals surface area (Å²) in [4.78, 5) is 15.2. The van der Waals surface area contributed by atoms with E-state index in [1.54, 1.807) is 26.3 Å². The molecule has 0 fully saturated rings. The monoisotopic (exact) mass is 263 g/mol. The van der Waals surface area contributed by atoms with Crippen LogP contribution in [0, 0.1) is 18.3 Å². The Hall–Kier alpha value is -2.13. The number of carboxylic acids is 1. The number of pyridine rings is 1. The summed E-state index contributed by atoms with van der Waals surface area (Å²) in [5.41, 5.74) is 1.14. The molecule has 0 aliphatic heterocycles. The number of rotatable bonds is 7. The second-order valence-electron chi connectivity index (χ2n) is 4.13. The van der Waals surface area contributed by atoms with E-state index in [-0.39, 0.29) is 0 Å². The average molecular weight is 263 g/mol. The molecule has 0 amide bonds. The van der Waals surface area contributed by atoms with Crippen molar-refractivity contribution < 1.29 is 14.6 Å². The van der Waals surface area contributed by atoms with Crippen LogP contribution in [0.1, 0.15) is 24.0 Å². The molecule has 102 valence electrons. The third-order valence-corrected chi connectivity index (χ3v) is 2.72. The highest BCUT2D eigenvalue weighted by atomic mass is 16.5. The van der Waals surface area contributed by atoms with E-state index in [0.717, 1.165) is 5.56 Å². The molecule has 6 heteroatoms. The number of aryl methyl sites for hydroxylation is 1. The van der Waals surface area contributed by atoms with Gasteiger partial charge in [-0.2, -0.15) is 5.26 Å². The number of anilines is 1. The number of nitrogens with one attached hydrogen (secondary N) is 1. The zero-order valence-electron chi connectivity index (χ0n) is 11.0. The molecule has 1 rings (SSSR count). The number of aliphatic carboxylic acids is 1. The molecule has 1 unspecified atom stereocenters. The molecule has 0 aliphatic carbocycles. The number of aromatic nitrogens is 1. The minimum atomic E-state index is -0.969. The quantitative estimate of drug-likeness (QED) is 0.725. The summed E-state index contributed by atoms with van der Waals surface area (Å²) in [5.74, 6) is -0.657. The molecule has 1 aromatic heterocycles. The van der Waals surface area contributed by atoms with Gasteiger partial charge in [0.25, 0.3) is 0 Å². The standard InChI is InChI=1S/C13H17N3O3/c1-9-5-6-15-12(10(9)8-14)16-11(13(17)18)4-3-7-19-2/h5-6,11H,3-4,7H2,1-2H3,(H,15,16)(H,17,18). The van der Waals surface area contributed by atoms with Crippen LogP contribution in [0.15, 0.2) is 12.3 Å². The lowest BCUT2D eigenvalue weighted by molar-refractivity contribution is -0.138. The first-order valence-corrected chi connectivity index (χ1v) is 5.94. The molecule has 1 atom stereocenters. The molecule has 0 bridgehead atoms. The molecular weight excluding hydrogens is 246 g/mol. The Balaban J connectivity index is 2.82. The number of hydrogen-bond acceptors (Lipinski definition) is 5. The number of carboxylic acid groups (broad SMARTS) is 1. The van der Waals surface area contributed by atoms with Crippen molar-refractivity contribution in [3.8, 4) is 6.07 Å². The molecular formula is C13H17N3O3. The van der Waals surface area contributed by atoms with E-state index in [1.807, 2.05) is 6.07 Å². The highest BCUT2D eigenvalue weighted by Crippen LogP contribution is 2.17. The van der Waals surface area contributed by atoms with Gasteiger partial charge in [0.1, 0.15) is 17.9 Å². The molecule has 1 heterocycles. The van der Waals surface area contributed by atoms with Gasteiger partial charge in [0.15, 0.2) is 0 Å². The summed E-state index contributed by atoms with van der Waals surface area (Å²) in [5, 5.41) is 21.0.